The average molecular weight is 545 g/mol. The number of aromatic nitrogens is 1. The number of aryl methyl sites for hydroxylation is 1. The second kappa shape index (κ2) is 11.2. The molecule has 1 aliphatic rings. The highest BCUT2D eigenvalue weighted by molar-refractivity contribution is 7.17. The first-order valence-corrected chi connectivity index (χ1v) is 13.7. The van der Waals surface area contributed by atoms with Crippen molar-refractivity contribution in [1.82, 2.24) is 4.57 Å². The molecular formula is C30H28N2O6S. The molecule has 0 unspecified atom stereocenters. The molecular weight excluding hydrogens is 516 g/mol. The van der Waals surface area contributed by atoms with Gasteiger partial charge in [0, 0.05) is 22.9 Å². The summed E-state index contributed by atoms with van der Waals surface area (Å²) < 4.78 is 11.9. The minimum absolute atomic E-state index is 0.0523. The van der Waals surface area contributed by atoms with Gasteiger partial charge in [0.05, 0.1) is 12.2 Å². The minimum atomic E-state index is -0.801. The van der Waals surface area contributed by atoms with Crippen LogP contribution >= 0.6 is 11.3 Å². The summed E-state index contributed by atoms with van der Waals surface area (Å²) in [6, 6.07) is 16.3. The third-order valence-corrected chi connectivity index (χ3v) is 8.00. The maximum atomic E-state index is 13.4. The number of nitrogens with one attached hydrogen (secondary N) is 1. The van der Waals surface area contributed by atoms with E-state index in [2.05, 4.69) is 5.32 Å². The lowest BCUT2D eigenvalue weighted by atomic mass is 9.95. The molecule has 0 bridgehead atoms. The number of fused-ring (bicyclic) bond motifs is 2. The number of rotatable bonds is 7. The van der Waals surface area contributed by atoms with E-state index in [0.717, 1.165) is 41.7 Å². The van der Waals surface area contributed by atoms with E-state index in [0.29, 0.717) is 26.9 Å². The van der Waals surface area contributed by atoms with Crippen LogP contribution in [0, 0.1) is 0 Å². The van der Waals surface area contributed by atoms with Gasteiger partial charge in [0.1, 0.15) is 10.7 Å². The minimum Gasteiger partial charge on any atom is -0.462 e. The quantitative estimate of drug-likeness (QED) is 0.324. The number of pyridine rings is 1. The molecule has 9 heteroatoms. The number of amides is 1. The SMILES string of the molecule is CCOC(=O)c1c(NC(=O)COC(=O)c2c(-c3ccccc3)c3ccccc3c(=O)n2C)sc2c1CCCC2. The summed E-state index contributed by atoms with van der Waals surface area (Å²) >= 11 is 1.36. The molecule has 0 spiro atoms. The van der Waals surface area contributed by atoms with Crippen molar-refractivity contribution in [2.24, 2.45) is 7.05 Å². The first-order valence-electron chi connectivity index (χ1n) is 12.9. The van der Waals surface area contributed by atoms with E-state index < -0.39 is 24.5 Å². The normalized spacial score (nSPS) is 12.6. The predicted molar refractivity (Wildman–Crippen MR) is 150 cm³/mol. The lowest BCUT2D eigenvalue weighted by molar-refractivity contribution is -0.119. The highest BCUT2D eigenvalue weighted by Crippen LogP contribution is 2.38. The Labute approximate surface area is 229 Å². The molecule has 0 fully saturated rings. The van der Waals surface area contributed by atoms with Gasteiger partial charge in [-0.15, -0.1) is 11.3 Å². The maximum absolute atomic E-state index is 13.4. The van der Waals surface area contributed by atoms with Gasteiger partial charge in [-0.05, 0) is 55.2 Å². The summed E-state index contributed by atoms with van der Waals surface area (Å²) in [6.07, 6.45) is 3.59. The average Bonchev–Trinajstić information content (AvgIpc) is 3.32. The summed E-state index contributed by atoms with van der Waals surface area (Å²) in [5.41, 5.74) is 2.31. The molecule has 2 aromatic carbocycles. The Morgan fingerprint density at radius 2 is 1.62 bits per heavy atom. The Balaban J connectivity index is 1.43. The van der Waals surface area contributed by atoms with Crippen molar-refractivity contribution in [2.45, 2.75) is 32.6 Å². The Morgan fingerprint density at radius 1 is 0.923 bits per heavy atom. The maximum Gasteiger partial charge on any atom is 0.356 e. The Kier molecular flexibility index (Phi) is 7.60. The van der Waals surface area contributed by atoms with Gasteiger partial charge < -0.3 is 19.4 Å². The lowest BCUT2D eigenvalue weighted by Gasteiger charge is -2.16. The van der Waals surface area contributed by atoms with Gasteiger partial charge in [0.25, 0.3) is 11.5 Å². The number of hydrogen-bond donors (Lipinski definition) is 1. The number of thiophene rings is 1. The standard InChI is InChI=1S/C30H28N2O6S/c1-3-37-29(35)25-21-15-9-10-16-22(21)39-27(25)31-23(33)17-38-30(36)26-24(18-11-5-4-6-12-18)19-13-7-8-14-20(19)28(34)32(26)2/h4-8,11-14H,3,9-10,15-17H2,1-2H3,(H,31,33). The van der Waals surface area contributed by atoms with Crippen molar-refractivity contribution in [2.75, 3.05) is 18.5 Å². The zero-order chi connectivity index (χ0) is 27.5. The van der Waals surface area contributed by atoms with Gasteiger partial charge in [0.15, 0.2) is 6.61 Å². The van der Waals surface area contributed by atoms with Gasteiger partial charge in [-0.2, -0.15) is 0 Å². The van der Waals surface area contributed by atoms with Crippen molar-refractivity contribution < 1.29 is 23.9 Å². The number of anilines is 1. The predicted octanol–water partition coefficient (Wildman–Crippen LogP) is 5.12. The van der Waals surface area contributed by atoms with Crippen LogP contribution in [0.4, 0.5) is 5.00 Å². The third-order valence-electron chi connectivity index (χ3n) is 6.80. The number of hydrogen-bond acceptors (Lipinski definition) is 7. The first-order chi connectivity index (χ1) is 18.9. The van der Waals surface area contributed by atoms with Crippen molar-refractivity contribution in [3.8, 4) is 11.1 Å². The van der Waals surface area contributed by atoms with E-state index in [-0.39, 0.29) is 17.9 Å². The van der Waals surface area contributed by atoms with E-state index in [4.69, 9.17) is 9.47 Å². The van der Waals surface area contributed by atoms with Gasteiger partial charge >= 0.3 is 11.9 Å². The molecule has 39 heavy (non-hydrogen) atoms. The van der Waals surface area contributed by atoms with Crippen LogP contribution in [0.3, 0.4) is 0 Å². The molecule has 2 heterocycles. The van der Waals surface area contributed by atoms with E-state index in [1.165, 1.54) is 23.0 Å². The van der Waals surface area contributed by atoms with Gasteiger partial charge in [-0.25, -0.2) is 9.59 Å². The van der Waals surface area contributed by atoms with E-state index in [1.54, 1.807) is 31.2 Å². The number of ether oxygens (including phenoxy) is 2. The van der Waals surface area contributed by atoms with Crippen molar-refractivity contribution >= 4 is 45.0 Å². The molecule has 1 amide bonds. The Hall–Kier alpha value is -4.24. The first kappa shape index (κ1) is 26.4. The van der Waals surface area contributed by atoms with Crippen LogP contribution in [-0.4, -0.2) is 35.6 Å². The van der Waals surface area contributed by atoms with Crippen molar-refractivity contribution in [1.29, 1.82) is 0 Å². The van der Waals surface area contributed by atoms with Gasteiger partial charge in [0.2, 0.25) is 0 Å². The van der Waals surface area contributed by atoms with E-state index in [9.17, 15) is 19.2 Å². The smallest absolute Gasteiger partial charge is 0.356 e. The van der Waals surface area contributed by atoms with Crippen LogP contribution in [0.2, 0.25) is 0 Å². The molecule has 1 aliphatic carbocycles. The fourth-order valence-electron chi connectivity index (χ4n) is 5.04. The zero-order valence-corrected chi connectivity index (χ0v) is 22.6. The third kappa shape index (κ3) is 5.09. The molecule has 2 aromatic heterocycles. The number of benzene rings is 2. The van der Waals surface area contributed by atoms with Crippen LogP contribution in [0.1, 0.15) is 51.1 Å². The second-order valence-corrected chi connectivity index (χ2v) is 10.4. The lowest BCUT2D eigenvalue weighted by Crippen LogP contribution is -2.28. The summed E-state index contributed by atoms with van der Waals surface area (Å²) in [5.74, 6) is -1.85. The molecule has 5 rings (SSSR count). The largest absolute Gasteiger partial charge is 0.462 e. The summed E-state index contributed by atoms with van der Waals surface area (Å²) in [6.45, 7) is 1.37. The van der Waals surface area contributed by atoms with Crippen LogP contribution < -0.4 is 10.9 Å². The van der Waals surface area contributed by atoms with Crippen LogP contribution in [-0.2, 0) is 34.2 Å². The summed E-state index contributed by atoms with van der Waals surface area (Å²) in [7, 11) is 1.51. The van der Waals surface area contributed by atoms with Crippen LogP contribution in [0.5, 0.6) is 0 Å². The van der Waals surface area contributed by atoms with Gasteiger partial charge in [-0.1, -0.05) is 48.5 Å². The molecule has 0 aliphatic heterocycles. The molecule has 0 atom stereocenters. The Morgan fingerprint density at radius 3 is 2.36 bits per heavy atom. The van der Waals surface area contributed by atoms with E-state index >= 15 is 0 Å². The highest BCUT2D eigenvalue weighted by atomic mass is 32.1. The molecule has 4 aromatic rings. The Bertz CT molecular complexity index is 1640. The molecule has 0 saturated carbocycles. The van der Waals surface area contributed by atoms with Crippen molar-refractivity contribution in [3.63, 3.8) is 0 Å². The van der Waals surface area contributed by atoms with Crippen LogP contribution in [0.15, 0.2) is 59.4 Å². The molecule has 0 radical (unpaired) electrons. The molecule has 200 valence electrons. The van der Waals surface area contributed by atoms with E-state index in [1.807, 2.05) is 30.3 Å². The number of carbonyl (C=O) groups excluding carboxylic acids is 3. The highest BCUT2D eigenvalue weighted by Gasteiger charge is 2.28. The summed E-state index contributed by atoms with van der Waals surface area (Å²) in [4.78, 5) is 53.2. The number of carbonyl (C=O) groups is 3. The zero-order valence-electron chi connectivity index (χ0n) is 21.7. The number of esters is 2. The van der Waals surface area contributed by atoms with Gasteiger partial charge in [-0.3, -0.25) is 9.59 Å². The second-order valence-electron chi connectivity index (χ2n) is 9.26. The fraction of sp³-hybridized carbons (Fsp3) is 0.267. The molecule has 1 N–H and O–H groups in total. The fourth-order valence-corrected chi connectivity index (χ4v) is 6.33. The summed E-state index contributed by atoms with van der Waals surface area (Å²) in [5, 5.41) is 4.25. The number of nitrogens with zero attached hydrogens (tertiary/aromatic N) is 1. The molecule has 8 nitrogen and oxygen atoms in total. The topological polar surface area (TPSA) is 104 Å². The van der Waals surface area contributed by atoms with Crippen molar-refractivity contribution in [3.05, 3.63) is 86.6 Å². The monoisotopic (exact) mass is 544 g/mol. The van der Waals surface area contributed by atoms with Crippen LogP contribution in [0.25, 0.3) is 21.9 Å². The molecule has 0 saturated heterocycles.